The van der Waals surface area contributed by atoms with Gasteiger partial charge in [-0.25, -0.2) is 4.98 Å². The van der Waals surface area contributed by atoms with Crippen molar-refractivity contribution in [3.05, 3.63) is 22.8 Å². The predicted octanol–water partition coefficient (Wildman–Crippen LogP) is 3.43. The van der Waals surface area contributed by atoms with E-state index in [-0.39, 0.29) is 5.91 Å². The Morgan fingerprint density at radius 3 is 2.81 bits per heavy atom. The van der Waals surface area contributed by atoms with E-state index in [1.807, 2.05) is 4.90 Å². The molecule has 2 heterocycles. The molecule has 3 rings (SSSR count). The summed E-state index contributed by atoms with van der Waals surface area (Å²) in [7, 11) is 0. The van der Waals surface area contributed by atoms with Crippen molar-refractivity contribution in [2.24, 2.45) is 11.8 Å². The largest absolute Gasteiger partial charge is 0.370 e. The van der Waals surface area contributed by atoms with Crippen LogP contribution in [0.2, 0.25) is 5.02 Å². The van der Waals surface area contributed by atoms with Gasteiger partial charge < -0.3 is 10.2 Å². The molecule has 4 nitrogen and oxygen atoms in total. The third kappa shape index (κ3) is 3.00. The maximum absolute atomic E-state index is 12.7. The van der Waals surface area contributed by atoms with Crippen molar-refractivity contribution in [2.45, 2.75) is 32.6 Å². The number of aromatic nitrogens is 1. The molecule has 0 bridgehead atoms. The molecule has 1 saturated heterocycles. The first-order chi connectivity index (χ1) is 10.2. The fraction of sp³-hybridized carbons (Fsp3) is 0.625. The second-order valence-electron chi connectivity index (χ2n) is 6.14. The number of fused-ring (bicyclic) bond motifs is 1. The number of carbonyl (C=O) groups excluding carboxylic acids is 1. The van der Waals surface area contributed by atoms with Crippen molar-refractivity contribution in [1.82, 2.24) is 9.88 Å². The van der Waals surface area contributed by atoms with E-state index in [1.54, 1.807) is 12.3 Å². The summed E-state index contributed by atoms with van der Waals surface area (Å²) in [6.45, 7) is 4.72. The highest BCUT2D eigenvalue weighted by molar-refractivity contribution is 6.33. The van der Waals surface area contributed by atoms with Gasteiger partial charge in [-0.3, -0.25) is 4.79 Å². The number of halogens is 1. The number of amides is 1. The summed E-state index contributed by atoms with van der Waals surface area (Å²) in [6.07, 6.45) is 6.44. The van der Waals surface area contributed by atoms with Gasteiger partial charge in [0.15, 0.2) is 0 Å². The highest BCUT2D eigenvalue weighted by Crippen LogP contribution is 2.38. The highest BCUT2D eigenvalue weighted by Gasteiger charge is 2.38. The Morgan fingerprint density at radius 2 is 2.14 bits per heavy atom. The number of pyridine rings is 1. The first-order valence-electron chi connectivity index (χ1n) is 7.87. The van der Waals surface area contributed by atoms with Crippen LogP contribution in [-0.2, 0) is 0 Å². The molecular formula is C16H22ClN3O. The molecule has 0 spiro atoms. The molecule has 2 aliphatic rings. The minimum atomic E-state index is 0.0522. The molecular weight excluding hydrogens is 286 g/mol. The lowest BCUT2D eigenvalue weighted by atomic mass is 10.0. The van der Waals surface area contributed by atoms with Crippen molar-refractivity contribution in [3.63, 3.8) is 0 Å². The molecule has 1 saturated carbocycles. The Hall–Kier alpha value is -1.29. The van der Waals surface area contributed by atoms with Crippen LogP contribution >= 0.6 is 11.6 Å². The zero-order chi connectivity index (χ0) is 14.8. The number of hydrogen-bond acceptors (Lipinski definition) is 3. The third-order valence-electron chi connectivity index (χ3n) is 4.66. The molecule has 1 aromatic heterocycles. The van der Waals surface area contributed by atoms with E-state index in [1.165, 1.54) is 19.3 Å². The number of carbonyl (C=O) groups is 1. The lowest BCUT2D eigenvalue weighted by Crippen LogP contribution is -2.29. The van der Waals surface area contributed by atoms with E-state index in [9.17, 15) is 4.79 Å². The molecule has 1 aliphatic carbocycles. The van der Waals surface area contributed by atoms with Crippen LogP contribution < -0.4 is 5.32 Å². The summed E-state index contributed by atoms with van der Waals surface area (Å²) < 4.78 is 0. The molecule has 1 aliphatic heterocycles. The molecule has 1 amide bonds. The van der Waals surface area contributed by atoms with Gasteiger partial charge in [0.05, 0.1) is 10.6 Å². The predicted molar refractivity (Wildman–Crippen MR) is 84.8 cm³/mol. The van der Waals surface area contributed by atoms with Crippen molar-refractivity contribution in [2.75, 3.05) is 25.0 Å². The maximum Gasteiger partial charge on any atom is 0.255 e. The lowest BCUT2D eigenvalue weighted by Gasteiger charge is -2.18. The molecule has 1 aromatic rings. The minimum absolute atomic E-state index is 0.0522. The summed E-state index contributed by atoms with van der Waals surface area (Å²) in [4.78, 5) is 18.9. The topological polar surface area (TPSA) is 45.2 Å². The van der Waals surface area contributed by atoms with Crippen LogP contribution in [0, 0.1) is 11.8 Å². The third-order valence-corrected chi connectivity index (χ3v) is 4.96. The van der Waals surface area contributed by atoms with E-state index in [0.29, 0.717) is 22.4 Å². The number of nitrogens with one attached hydrogen (secondary N) is 1. The van der Waals surface area contributed by atoms with Crippen molar-refractivity contribution in [1.29, 1.82) is 0 Å². The first-order valence-corrected chi connectivity index (χ1v) is 8.25. The molecule has 114 valence electrons. The normalized spacial score (nSPS) is 24.2. The Balaban J connectivity index is 1.74. The SMILES string of the molecule is CCCNc1cc(C(=O)N2CC3CCCC3C2)c(Cl)cn1. The van der Waals surface area contributed by atoms with Crippen LogP contribution in [0.15, 0.2) is 12.3 Å². The highest BCUT2D eigenvalue weighted by atomic mass is 35.5. The number of anilines is 1. The lowest BCUT2D eigenvalue weighted by molar-refractivity contribution is 0.0781. The quantitative estimate of drug-likeness (QED) is 0.927. The summed E-state index contributed by atoms with van der Waals surface area (Å²) in [5, 5.41) is 3.65. The average Bonchev–Trinajstić information content (AvgIpc) is 3.07. The second-order valence-corrected chi connectivity index (χ2v) is 6.54. The first kappa shape index (κ1) is 14.6. The minimum Gasteiger partial charge on any atom is -0.370 e. The number of hydrogen-bond donors (Lipinski definition) is 1. The van der Waals surface area contributed by atoms with Crippen LogP contribution in [-0.4, -0.2) is 35.4 Å². The Morgan fingerprint density at radius 1 is 1.43 bits per heavy atom. The van der Waals surface area contributed by atoms with Gasteiger partial charge in [0, 0.05) is 25.8 Å². The monoisotopic (exact) mass is 307 g/mol. The molecule has 2 fully saturated rings. The van der Waals surface area contributed by atoms with E-state index in [4.69, 9.17) is 11.6 Å². The smallest absolute Gasteiger partial charge is 0.255 e. The fourth-order valence-electron chi connectivity index (χ4n) is 3.52. The van der Waals surface area contributed by atoms with E-state index < -0.39 is 0 Å². The summed E-state index contributed by atoms with van der Waals surface area (Å²) in [6, 6.07) is 1.79. The molecule has 1 N–H and O–H groups in total. The van der Waals surface area contributed by atoms with Gasteiger partial charge in [-0.05, 0) is 37.2 Å². The Labute approximate surface area is 130 Å². The Bertz CT molecular complexity index is 522. The van der Waals surface area contributed by atoms with Gasteiger partial charge in [0.1, 0.15) is 5.82 Å². The van der Waals surface area contributed by atoms with Crippen molar-refractivity contribution in [3.8, 4) is 0 Å². The van der Waals surface area contributed by atoms with E-state index in [0.717, 1.165) is 31.9 Å². The number of nitrogens with zero attached hydrogens (tertiary/aromatic N) is 2. The van der Waals surface area contributed by atoms with Crippen LogP contribution in [0.1, 0.15) is 43.0 Å². The number of rotatable bonds is 4. The summed E-state index contributed by atoms with van der Waals surface area (Å²) in [5.41, 5.74) is 0.574. The number of likely N-dealkylation sites (tertiary alicyclic amines) is 1. The summed E-state index contributed by atoms with van der Waals surface area (Å²) in [5.74, 6) is 2.18. The van der Waals surface area contributed by atoms with Crippen molar-refractivity contribution >= 4 is 23.3 Å². The van der Waals surface area contributed by atoms with Gasteiger partial charge >= 0.3 is 0 Å². The summed E-state index contributed by atoms with van der Waals surface area (Å²) >= 11 is 6.19. The molecule has 5 heteroatoms. The van der Waals surface area contributed by atoms with Crippen LogP contribution in [0.25, 0.3) is 0 Å². The fourth-order valence-corrected chi connectivity index (χ4v) is 3.71. The van der Waals surface area contributed by atoms with E-state index >= 15 is 0 Å². The van der Waals surface area contributed by atoms with Crippen LogP contribution in [0.5, 0.6) is 0 Å². The van der Waals surface area contributed by atoms with E-state index in [2.05, 4.69) is 17.2 Å². The van der Waals surface area contributed by atoms with Crippen LogP contribution in [0.3, 0.4) is 0 Å². The zero-order valence-electron chi connectivity index (χ0n) is 12.4. The molecule has 0 radical (unpaired) electrons. The van der Waals surface area contributed by atoms with Gasteiger partial charge in [-0.1, -0.05) is 24.9 Å². The average molecular weight is 308 g/mol. The molecule has 2 unspecified atom stereocenters. The van der Waals surface area contributed by atoms with Gasteiger partial charge in [-0.2, -0.15) is 0 Å². The zero-order valence-corrected chi connectivity index (χ0v) is 13.2. The van der Waals surface area contributed by atoms with Gasteiger partial charge in [-0.15, -0.1) is 0 Å². The Kier molecular flexibility index (Phi) is 4.34. The maximum atomic E-state index is 12.7. The van der Waals surface area contributed by atoms with Gasteiger partial charge in [0.25, 0.3) is 5.91 Å². The molecule has 2 atom stereocenters. The van der Waals surface area contributed by atoms with Crippen LogP contribution in [0.4, 0.5) is 5.82 Å². The van der Waals surface area contributed by atoms with Crippen molar-refractivity contribution < 1.29 is 4.79 Å². The second kappa shape index (κ2) is 6.22. The van der Waals surface area contributed by atoms with Gasteiger partial charge in [0.2, 0.25) is 0 Å². The molecule has 21 heavy (non-hydrogen) atoms. The standard InChI is InChI=1S/C16H22ClN3O/c1-2-6-18-15-7-13(14(17)8-19-15)16(21)20-9-11-4-3-5-12(11)10-20/h7-8,11-12H,2-6,9-10H2,1H3,(H,18,19). The molecule has 0 aromatic carbocycles.